The minimum Gasteiger partial charge on any atom is -0.408 e. The molecule has 0 N–H and O–H groups in total. The second kappa shape index (κ2) is 7.20. The lowest BCUT2D eigenvalue weighted by atomic mass is 9.82. The molecule has 9 heteroatoms. The Balaban J connectivity index is 1.51. The lowest BCUT2D eigenvalue weighted by Gasteiger charge is -2.44. The van der Waals surface area contributed by atoms with Crippen LogP contribution in [0.5, 0.6) is 0 Å². The summed E-state index contributed by atoms with van der Waals surface area (Å²) in [6.07, 6.45) is 3.22. The molecule has 2 aliphatic rings. The molecule has 4 rings (SSSR count). The lowest BCUT2D eigenvalue weighted by Crippen LogP contribution is -2.53. The normalized spacial score (nSPS) is 23.6. The van der Waals surface area contributed by atoms with Crippen LogP contribution in [0.15, 0.2) is 27.7 Å². The Morgan fingerprint density at radius 1 is 1.21 bits per heavy atom. The first-order valence-corrected chi connectivity index (χ1v) is 9.64. The number of aryl methyl sites for hydroxylation is 1. The van der Waals surface area contributed by atoms with E-state index in [-0.39, 0.29) is 17.4 Å². The molecule has 0 bridgehead atoms. The Morgan fingerprint density at radius 2 is 1.93 bits per heavy atom. The fraction of sp³-hybridized carbons (Fsp3) is 0.500. The highest BCUT2D eigenvalue weighted by atomic mass is 19.1. The van der Waals surface area contributed by atoms with Crippen LogP contribution in [0.3, 0.4) is 0 Å². The molecule has 0 spiro atoms. The van der Waals surface area contributed by atoms with Crippen molar-refractivity contribution >= 4 is 18.1 Å². The second-order valence-corrected chi connectivity index (χ2v) is 8.19. The number of amides is 1. The summed E-state index contributed by atoms with van der Waals surface area (Å²) >= 11 is 0. The molecule has 1 aromatic carbocycles. The van der Waals surface area contributed by atoms with E-state index in [4.69, 9.17) is 4.42 Å². The number of rotatable bonds is 3. The number of hydrazone groups is 1. The Bertz CT molecular complexity index is 938. The van der Waals surface area contributed by atoms with Crippen LogP contribution in [0.1, 0.15) is 50.6 Å². The molecule has 0 radical (unpaired) electrons. The molecular formula is C20H23F2N5O2. The molecule has 3 heterocycles. The number of benzene rings is 1. The zero-order chi connectivity index (χ0) is 20.8. The predicted octanol–water partition coefficient (Wildman–Crippen LogP) is 3.61. The van der Waals surface area contributed by atoms with Crippen molar-refractivity contribution in [3.63, 3.8) is 0 Å². The first-order chi connectivity index (χ1) is 13.7. The third-order valence-corrected chi connectivity index (χ3v) is 5.60. The van der Waals surface area contributed by atoms with Gasteiger partial charge in [0.15, 0.2) is 0 Å². The summed E-state index contributed by atoms with van der Waals surface area (Å²) in [6.45, 7) is 6.37. The Labute approximate surface area is 167 Å². The number of aromatic nitrogens is 2. The summed E-state index contributed by atoms with van der Waals surface area (Å²) in [5, 5.41) is 13.6. The predicted molar refractivity (Wildman–Crippen MR) is 102 cm³/mol. The molecule has 154 valence electrons. The molecule has 1 fully saturated rings. The molecule has 2 atom stereocenters. The van der Waals surface area contributed by atoms with E-state index >= 15 is 0 Å². The molecule has 0 aliphatic carbocycles. The van der Waals surface area contributed by atoms with E-state index in [1.165, 1.54) is 17.1 Å². The van der Waals surface area contributed by atoms with Crippen molar-refractivity contribution in [3.8, 4) is 0 Å². The maximum Gasteiger partial charge on any atom is 0.318 e. The summed E-state index contributed by atoms with van der Waals surface area (Å²) in [7, 11) is 0. The first-order valence-electron chi connectivity index (χ1n) is 9.64. The number of hydrogen-bond acceptors (Lipinski definition) is 6. The van der Waals surface area contributed by atoms with E-state index in [1.54, 1.807) is 13.1 Å². The van der Waals surface area contributed by atoms with Crippen LogP contribution < -0.4 is 4.90 Å². The molecule has 1 amide bonds. The van der Waals surface area contributed by atoms with Crippen LogP contribution in [0.25, 0.3) is 0 Å². The molecule has 29 heavy (non-hydrogen) atoms. The molecule has 0 saturated carbocycles. The lowest BCUT2D eigenvalue weighted by molar-refractivity contribution is -0.138. The SMILES string of the molecule is Cc1nnc(N2CC[C@H](C(=O)N3N=CC[C@@H]3c3cc(F)cc(F)c3)CC2(C)C)o1. The monoisotopic (exact) mass is 403 g/mol. The maximum absolute atomic E-state index is 13.7. The number of carbonyl (C=O) groups excluding carboxylic acids is 1. The Morgan fingerprint density at radius 3 is 2.55 bits per heavy atom. The average molecular weight is 403 g/mol. The van der Waals surface area contributed by atoms with Gasteiger partial charge in [-0.2, -0.15) is 5.10 Å². The molecule has 2 aromatic rings. The van der Waals surface area contributed by atoms with E-state index in [0.29, 0.717) is 43.3 Å². The molecular weight excluding hydrogens is 380 g/mol. The van der Waals surface area contributed by atoms with Gasteiger partial charge in [-0.3, -0.25) is 4.79 Å². The zero-order valence-corrected chi connectivity index (χ0v) is 16.6. The van der Waals surface area contributed by atoms with Gasteiger partial charge in [-0.05, 0) is 44.4 Å². The fourth-order valence-electron chi connectivity index (χ4n) is 4.22. The number of piperidine rings is 1. The van der Waals surface area contributed by atoms with Crippen molar-refractivity contribution in [2.45, 2.75) is 51.6 Å². The van der Waals surface area contributed by atoms with Gasteiger partial charge in [0.25, 0.3) is 0 Å². The van der Waals surface area contributed by atoms with Gasteiger partial charge in [0.1, 0.15) is 11.6 Å². The first kappa shape index (κ1) is 19.5. The van der Waals surface area contributed by atoms with Crippen LogP contribution in [0.4, 0.5) is 14.8 Å². The van der Waals surface area contributed by atoms with Crippen LogP contribution in [-0.4, -0.2) is 39.4 Å². The molecule has 7 nitrogen and oxygen atoms in total. The van der Waals surface area contributed by atoms with Gasteiger partial charge in [-0.1, -0.05) is 5.10 Å². The van der Waals surface area contributed by atoms with Gasteiger partial charge >= 0.3 is 6.01 Å². The zero-order valence-electron chi connectivity index (χ0n) is 16.6. The van der Waals surface area contributed by atoms with Crippen molar-refractivity contribution in [1.82, 2.24) is 15.2 Å². The quantitative estimate of drug-likeness (QED) is 0.783. The molecule has 1 saturated heterocycles. The number of halogens is 2. The van der Waals surface area contributed by atoms with Crippen molar-refractivity contribution in [1.29, 1.82) is 0 Å². The largest absolute Gasteiger partial charge is 0.408 e. The summed E-state index contributed by atoms with van der Waals surface area (Å²) in [5.41, 5.74) is 0.0351. The van der Waals surface area contributed by atoms with Crippen LogP contribution in [-0.2, 0) is 4.79 Å². The van der Waals surface area contributed by atoms with Crippen LogP contribution in [0, 0.1) is 24.5 Å². The fourth-order valence-corrected chi connectivity index (χ4v) is 4.22. The van der Waals surface area contributed by atoms with Gasteiger partial charge in [-0.15, -0.1) is 5.10 Å². The number of carbonyl (C=O) groups is 1. The smallest absolute Gasteiger partial charge is 0.318 e. The molecule has 0 unspecified atom stereocenters. The molecule has 1 aromatic heterocycles. The van der Waals surface area contributed by atoms with E-state index in [2.05, 4.69) is 15.3 Å². The summed E-state index contributed by atoms with van der Waals surface area (Å²) in [5.74, 6) is -1.23. The Kier molecular flexibility index (Phi) is 4.84. The third-order valence-electron chi connectivity index (χ3n) is 5.60. The van der Waals surface area contributed by atoms with Crippen molar-refractivity contribution in [2.75, 3.05) is 11.4 Å². The number of anilines is 1. The summed E-state index contributed by atoms with van der Waals surface area (Å²) < 4.78 is 32.9. The highest BCUT2D eigenvalue weighted by Crippen LogP contribution is 2.38. The van der Waals surface area contributed by atoms with E-state index in [0.717, 1.165) is 6.07 Å². The standard InChI is InChI=1S/C20H23F2N5O2/c1-12-24-25-19(29-12)26-7-5-13(11-20(26,2)3)18(28)27-17(4-6-23-27)14-8-15(21)10-16(22)9-14/h6,8-10,13,17H,4-5,7,11H2,1-3H3/t13-,17+/m0/s1. The average Bonchev–Trinajstić information content (AvgIpc) is 3.28. The number of nitrogens with zero attached hydrogens (tertiary/aromatic N) is 5. The topological polar surface area (TPSA) is 74.8 Å². The van der Waals surface area contributed by atoms with Crippen LogP contribution >= 0.6 is 0 Å². The minimum atomic E-state index is -0.663. The van der Waals surface area contributed by atoms with Crippen LogP contribution in [0.2, 0.25) is 0 Å². The number of hydrogen-bond donors (Lipinski definition) is 0. The third kappa shape index (κ3) is 3.73. The van der Waals surface area contributed by atoms with Crippen molar-refractivity contribution in [3.05, 3.63) is 41.3 Å². The summed E-state index contributed by atoms with van der Waals surface area (Å²) in [6, 6.07) is 3.29. The highest BCUT2D eigenvalue weighted by molar-refractivity contribution is 5.82. The maximum atomic E-state index is 13.7. The van der Waals surface area contributed by atoms with Gasteiger partial charge in [0.05, 0.1) is 6.04 Å². The van der Waals surface area contributed by atoms with Crippen molar-refractivity contribution < 1.29 is 18.0 Å². The minimum absolute atomic E-state index is 0.136. The van der Waals surface area contributed by atoms with Gasteiger partial charge in [0, 0.05) is 43.6 Å². The van der Waals surface area contributed by atoms with Crippen molar-refractivity contribution in [2.24, 2.45) is 11.0 Å². The van der Waals surface area contributed by atoms with Gasteiger partial charge in [0.2, 0.25) is 11.8 Å². The molecule has 2 aliphatic heterocycles. The van der Waals surface area contributed by atoms with E-state index < -0.39 is 17.7 Å². The Hall–Kier alpha value is -2.84. The van der Waals surface area contributed by atoms with E-state index in [9.17, 15) is 13.6 Å². The van der Waals surface area contributed by atoms with Gasteiger partial charge in [-0.25, -0.2) is 13.8 Å². The second-order valence-electron chi connectivity index (χ2n) is 8.19. The highest BCUT2D eigenvalue weighted by Gasteiger charge is 2.43. The van der Waals surface area contributed by atoms with E-state index in [1.807, 2.05) is 18.7 Å². The summed E-state index contributed by atoms with van der Waals surface area (Å²) in [4.78, 5) is 15.3. The van der Waals surface area contributed by atoms with Gasteiger partial charge < -0.3 is 9.32 Å².